The fourth-order valence-electron chi connectivity index (χ4n) is 4.34. The van der Waals surface area contributed by atoms with Gasteiger partial charge in [-0.2, -0.15) is 0 Å². The van der Waals surface area contributed by atoms with Crippen molar-refractivity contribution >= 4 is 12.0 Å². The van der Waals surface area contributed by atoms with Crippen LogP contribution in [0.1, 0.15) is 38.5 Å². The van der Waals surface area contributed by atoms with Crippen LogP contribution in [-0.2, 0) is 4.79 Å². The second-order valence-corrected chi connectivity index (χ2v) is 6.73. The Morgan fingerprint density at radius 2 is 1.95 bits per heavy atom. The van der Waals surface area contributed by atoms with Gasteiger partial charge in [-0.3, -0.25) is 4.79 Å². The first kappa shape index (κ1) is 14.4. The Balaban J connectivity index is 1.50. The fourth-order valence-corrected chi connectivity index (χ4v) is 4.34. The summed E-state index contributed by atoms with van der Waals surface area (Å²) in [7, 11) is 0. The van der Waals surface area contributed by atoms with Gasteiger partial charge in [-0.05, 0) is 56.3 Å². The number of rotatable bonds is 4. The highest BCUT2D eigenvalue weighted by molar-refractivity contribution is 5.77. The second-order valence-electron chi connectivity index (χ2n) is 6.73. The van der Waals surface area contributed by atoms with Gasteiger partial charge in [0.2, 0.25) is 0 Å². The topological polar surface area (TPSA) is 78.4 Å². The lowest BCUT2D eigenvalue weighted by molar-refractivity contribution is -0.144. The van der Waals surface area contributed by atoms with E-state index in [0.29, 0.717) is 18.4 Å². The lowest BCUT2D eigenvalue weighted by atomic mass is 9.84. The molecule has 3 N–H and O–H groups in total. The first-order valence-electron chi connectivity index (χ1n) is 8.07. The van der Waals surface area contributed by atoms with E-state index in [1.165, 1.54) is 0 Å². The summed E-state index contributed by atoms with van der Waals surface area (Å²) in [4.78, 5) is 23.5. The lowest BCUT2D eigenvalue weighted by Crippen LogP contribution is -2.50. The molecule has 0 spiro atoms. The van der Waals surface area contributed by atoms with E-state index in [4.69, 9.17) is 0 Å². The monoisotopic (exact) mass is 292 g/mol. The largest absolute Gasteiger partial charge is 0.481 e. The third-order valence-electron chi connectivity index (χ3n) is 5.43. The summed E-state index contributed by atoms with van der Waals surface area (Å²) < 4.78 is 0. The third-order valence-corrected chi connectivity index (χ3v) is 5.43. The first-order valence-corrected chi connectivity index (χ1v) is 8.07. The number of urea groups is 1. The predicted molar refractivity (Wildman–Crippen MR) is 78.8 cm³/mol. The molecule has 5 heteroatoms. The maximum atomic E-state index is 12.1. The molecule has 2 bridgehead atoms. The van der Waals surface area contributed by atoms with Crippen LogP contribution in [0.3, 0.4) is 0 Å². The van der Waals surface area contributed by atoms with Crippen molar-refractivity contribution in [1.82, 2.24) is 10.6 Å². The summed E-state index contributed by atoms with van der Waals surface area (Å²) in [5.41, 5.74) is 0. The second kappa shape index (κ2) is 6.08. The van der Waals surface area contributed by atoms with Crippen molar-refractivity contribution in [3.8, 4) is 0 Å². The molecule has 0 aromatic rings. The Morgan fingerprint density at radius 3 is 2.67 bits per heavy atom. The maximum absolute atomic E-state index is 12.1. The molecule has 0 aliphatic heterocycles. The molecular formula is C16H24N2O3. The zero-order valence-corrected chi connectivity index (χ0v) is 12.3. The normalized spacial score (nSPS) is 37.4. The van der Waals surface area contributed by atoms with Gasteiger partial charge < -0.3 is 15.7 Å². The van der Waals surface area contributed by atoms with Crippen LogP contribution in [0.15, 0.2) is 12.2 Å². The Morgan fingerprint density at radius 1 is 1.14 bits per heavy atom. The summed E-state index contributed by atoms with van der Waals surface area (Å²) in [6.45, 7) is 0.675. The Hall–Kier alpha value is -1.52. The van der Waals surface area contributed by atoms with Crippen molar-refractivity contribution in [3.05, 3.63) is 12.2 Å². The number of allylic oxidation sites excluding steroid dienone is 2. The molecule has 3 aliphatic rings. The molecule has 2 fully saturated rings. The number of carboxylic acids is 1. The number of carbonyl (C=O) groups is 2. The molecule has 0 aromatic carbocycles. The van der Waals surface area contributed by atoms with E-state index in [9.17, 15) is 14.7 Å². The van der Waals surface area contributed by atoms with E-state index in [1.807, 2.05) is 0 Å². The van der Waals surface area contributed by atoms with Crippen LogP contribution in [0.2, 0.25) is 0 Å². The molecule has 3 aliphatic carbocycles. The summed E-state index contributed by atoms with van der Waals surface area (Å²) in [5, 5.41) is 15.2. The van der Waals surface area contributed by atoms with Gasteiger partial charge in [-0.15, -0.1) is 0 Å². The average molecular weight is 292 g/mol. The van der Waals surface area contributed by atoms with Crippen molar-refractivity contribution in [2.24, 2.45) is 23.7 Å². The zero-order valence-electron chi connectivity index (χ0n) is 12.3. The highest BCUT2D eigenvalue weighted by Crippen LogP contribution is 2.48. The van der Waals surface area contributed by atoms with Crippen molar-refractivity contribution in [3.63, 3.8) is 0 Å². The van der Waals surface area contributed by atoms with Crippen LogP contribution >= 0.6 is 0 Å². The molecule has 0 aromatic heterocycles. The van der Waals surface area contributed by atoms with Crippen LogP contribution in [0.4, 0.5) is 4.79 Å². The molecule has 116 valence electrons. The number of carboxylic acid groups (broad SMARTS) is 1. The van der Waals surface area contributed by atoms with E-state index in [-0.39, 0.29) is 18.0 Å². The molecule has 5 unspecified atom stereocenters. The summed E-state index contributed by atoms with van der Waals surface area (Å²) in [5.74, 6) is -0.0474. The van der Waals surface area contributed by atoms with E-state index in [1.54, 1.807) is 0 Å². The minimum absolute atomic E-state index is 0.187. The van der Waals surface area contributed by atoms with Gasteiger partial charge >= 0.3 is 12.0 Å². The molecular weight excluding hydrogens is 268 g/mol. The number of nitrogens with one attached hydrogen (secondary N) is 2. The van der Waals surface area contributed by atoms with Crippen molar-refractivity contribution in [2.75, 3.05) is 6.54 Å². The van der Waals surface area contributed by atoms with Crippen molar-refractivity contribution in [2.45, 2.75) is 44.6 Å². The predicted octanol–water partition coefficient (Wildman–Crippen LogP) is 2.14. The van der Waals surface area contributed by atoms with Crippen LogP contribution in [0.5, 0.6) is 0 Å². The number of hydrogen-bond acceptors (Lipinski definition) is 2. The Kier molecular flexibility index (Phi) is 4.17. The van der Waals surface area contributed by atoms with E-state index in [2.05, 4.69) is 22.8 Å². The molecule has 5 atom stereocenters. The van der Waals surface area contributed by atoms with Gasteiger partial charge in [0.05, 0.1) is 5.92 Å². The molecule has 21 heavy (non-hydrogen) atoms. The number of aliphatic carboxylic acids is 1. The first-order chi connectivity index (χ1) is 10.1. The standard InChI is InChI=1S/C16H24N2O3/c19-15(20)13-11-6-7-12(8-11)14(13)18-16(21)17-9-10-4-2-1-3-5-10/h1-2,10-14H,3-9H2,(H,19,20)(H2,17,18,21). The van der Waals surface area contributed by atoms with Gasteiger partial charge in [-0.1, -0.05) is 12.2 Å². The number of hydrogen-bond donors (Lipinski definition) is 3. The smallest absolute Gasteiger partial charge is 0.315 e. The number of carbonyl (C=O) groups excluding carboxylic acids is 1. The van der Waals surface area contributed by atoms with Gasteiger partial charge in [-0.25, -0.2) is 4.79 Å². The Labute approximate surface area is 125 Å². The highest BCUT2D eigenvalue weighted by atomic mass is 16.4. The number of amides is 2. The lowest BCUT2D eigenvalue weighted by Gasteiger charge is -2.29. The zero-order chi connectivity index (χ0) is 14.8. The number of fused-ring (bicyclic) bond motifs is 2. The van der Waals surface area contributed by atoms with Crippen LogP contribution in [0, 0.1) is 23.7 Å². The highest BCUT2D eigenvalue weighted by Gasteiger charge is 2.51. The molecule has 5 nitrogen and oxygen atoms in total. The molecule has 2 amide bonds. The Bertz CT molecular complexity index is 449. The minimum atomic E-state index is -0.759. The minimum Gasteiger partial charge on any atom is -0.481 e. The summed E-state index contributed by atoms with van der Waals surface area (Å²) >= 11 is 0. The van der Waals surface area contributed by atoms with Gasteiger partial charge in [0.1, 0.15) is 0 Å². The van der Waals surface area contributed by atoms with Crippen LogP contribution < -0.4 is 10.6 Å². The van der Waals surface area contributed by atoms with Gasteiger partial charge in [0.15, 0.2) is 0 Å². The van der Waals surface area contributed by atoms with Crippen LogP contribution in [-0.4, -0.2) is 29.7 Å². The molecule has 0 radical (unpaired) electrons. The fraction of sp³-hybridized carbons (Fsp3) is 0.750. The van der Waals surface area contributed by atoms with E-state index >= 15 is 0 Å². The SMILES string of the molecule is O=C(NCC1CC=CCC1)NC1C2CCC(C2)C1C(=O)O. The van der Waals surface area contributed by atoms with Gasteiger partial charge in [0.25, 0.3) is 0 Å². The van der Waals surface area contributed by atoms with E-state index in [0.717, 1.165) is 38.5 Å². The van der Waals surface area contributed by atoms with Crippen molar-refractivity contribution < 1.29 is 14.7 Å². The third kappa shape index (κ3) is 3.06. The molecule has 0 heterocycles. The van der Waals surface area contributed by atoms with E-state index < -0.39 is 11.9 Å². The molecule has 0 saturated heterocycles. The molecule has 3 rings (SSSR count). The van der Waals surface area contributed by atoms with Gasteiger partial charge in [0, 0.05) is 12.6 Å². The molecule has 2 saturated carbocycles. The van der Waals surface area contributed by atoms with Crippen molar-refractivity contribution in [1.29, 1.82) is 0 Å². The summed E-state index contributed by atoms with van der Waals surface area (Å²) in [6, 6.07) is -0.388. The maximum Gasteiger partial charge on any atom is 0.315 e. The summed E-state index contributed by atoms with van der Waals surface area (Å²) in [6.07, 6.45) is 10.6. The van der Waals surface area contributed by atoms with Crippen LogP contribution in [0.25, 0.3) is 0 Å². The quantitative estimate of drug-likeness (QED) is 0.695. The average Bonchev–Trinajstić information content (AvgIpc) is 3.07.